The molecule has 0 aromatic carbocycles. The van der Waals surface area contributed by atoms with Crippen molar-refractivity contribution >= 4 is 0 Å². The van der Waals surface area contributed by atoms with Crippen LogP contribution in [0.3, 0.4) is 0 Å². The number of nitrogens with zero attached hydrogens (tertiary/aromatic N) is 2. The molecule has 1 aromatic rings. The minimum atomic E-state index is 0.745. The number of piperidine rings is 1. The van der Waals surface area contributed by atoms with Crippen LogP contribution in [0.2, 0.25) is 0 Å². The van der Waals surface area contributed by atoms with Gasteiger partial charge in [-0.15, -0.1) is 0 Å². The summed E-state index contributed by atoms with van der Waals surface area (Å²) in [6.45, 7) is 7.65. The van der Waals surface area contributed by atoms with E-state index >= 15 is 0 Å². The van der Waals surface area contributed by atoms with Crippen molar-refractivity contribution in [1.82, 2.24) is 9.88 Å². The fraction of sp³-hybridized carbons (Fsp3) is 0.615. The van der Waals surface area contributed by atoms with E-state index in [4.69, 9.17) is 0 Å². The van der Waals surface area contributed by atoms with Crippen molar-refractivity contribution in [3.63, 3.8) is 0 Å². The minimum absolute atomic E-state index is 0.745. The van der Waals surface area contributed by atoms with E-state index in [0.29, 0.717) is 0 Å². The van der Waals surface area contributed by atoms with Gasteiger partial charge in [-0.1, -0.05) is 19.9 Å². The van der Waals surface area contributed by atoms with E-state index in [1.807, 2.05) is 20.0 Å². The molecule has 0 spiro atoms. The number of hydrogen-bond donors (Lipinski definition) is 0. The second kappa shape index (κ2) is 4.75. The highest BCUT2D eigenvalue weighted by molar-refractivity contribution is 5.25. The van der Waals surface area contributed by atoms with Crippen molar-refractivity contribution < 1.29 is 0 Å². The van der Waals surface area contributed by atoms with Gasteiger partial charge in [0.25, 0.3) is 0 Å². The van der Waals surface area contributed by atoms with Crippen molar-refractivity contribution in [3.05, 3.63) is 29.6 Å². The highest BCUT2D eigenvalue weighted by Crippen LogP contribution is 2.33. The maximum absolute atomic E-state index is 4.53. The molecule has 15 heavy (non-hydrogen) atoms. The van der Waals surface area contributed by atoms with Crippen LogP contribution in [0.4, 0.5) is 0 Å². The van der Waals surface area contributed by atoms with Crippen LogP contribution in [0.15, 0.2) is 18.3 Å². The second-order valence-corrected chi connectivity index (χ2v) is 4.10. The van der Waals surface area contributed by atoms with Gasteiger partial charge < -0.3 is 0 Å². The largest absolute Gasteiger partial charge is 0.299 e. The molecule has 0 N–H and O–H groups in total. The predicted molar refractivity (Wildman–Crippen MR) is 62.8 cm³/mol. The van der Waals surface area contributed by atoms with Gasteiger partial charge in [-0.25, -0.2) is 0 Å². The van der Waals surface area contributed by atoms with Crippen LogP contribution < -0.4 is 0 Å². The first-order valence-corrected chi connectivity index (χ1v) is 6.09. The Morgan fingerprint density at radius 2 is 2.00 bits per heavy atom. The van der Waals surface area contributed by atoms with Crippen LogP contribution in [0, 0.1) is 0 Å². The van der Waals surface area contributed by atoms with Gasteiger partial charge in [-0.05, 0) is 37.6 Å². The van der Waals surface area contributed by atoms with Crippen molar-refractivity contribution in [2.24, 2.45) is 0 Å². The maximum atomic E-state index is 4.53. The molecule has 0 aliphatic carbocycles. The van der Waals surface area contributed by atoms with Crippen LogP contribution in [-0.4, -0.2) is 23.0 Å². The summed E-state index contributed by atoms with van der Waals surface area (Å²) in [5.74, 6) is 0.745. The zero-order chi connectivity index (χ0) is 10.7. The first-order valence-electron chi connectivity index (χ1n) is 6.09. The summed E-state index contributed by atoms with van der Waals surface area (Å²) in [5.41, 5.74) is 2.84. The Kier molecular flexibility index (Phi) is 3.37. The Hall–Kier alpha value is -0.890. The molecule has 2 heteroatoms. The maximum Gasteiger partial charge on any atom is 0.0480 e. The molecule has 0 unspecified atom stereocenters. The van der Waals surface area contributed by atoms with Crippen molar-refractivity contribution in [2.75, 3.05) is 13.1 Å². The Morgan fingerprint density at radius 1 is 1.27 bits per heavy atom. The summed E-state index contributed by atoms with van der Waals surface area (Å²) in [7, 11) is 0. The molecule has 4 rings (SSSR count). The Morgan fingerprint density at radius 3 is 2.73 bits per heavy atom. The molecule has 0 saturated carbocycles. The van der Waals surface area contributed by atoms with E-state index in [-0.39, 0.29) is 0 Å². The molecule has 1 fully saturated rings. The second-order valence-electron chi connectivity index (χ2n) is 4.10. The zero-order valence-corrected chi connectivity index (χ0v) is 9.74. The molecule has 1 aromatic heterocycles. The molecule has 0 atom stereocenters. The van der Waals surface area contributed by atoms with E-state index in [0.717, 1.165) is 12.5 Å². The Labute approximate surface area is 92.3 Å². The van der Waals surface area contributed by atoms with Gasteiger partial charge in [0, 0.05) is 24.4 Å². The van der Waals surface area contributed by atoms with Crippen LogP contribution >= 0.6 is 0 Å². The fourth-order valence-corrected chi connectivity index (χ4v) is 2.56. The molecule has 3 aliphatic heterocycles. The van der Waals surface area contributed by atoms with Gasteiger partial charge in [0.15, 0.2) is 0 Å². The predicted octanol–water partition coefficient (Wildman–Crippen LogP) is 2.80. The lowest BCUT2D eigenvalue weighted by atomic mass is 9.94. The van der Waals surface area contributed by atoms with E-state index < -0.39 is 0 Å². The molecule has 0 radical (unpaired) electrons. The SMILES string of the molecule is CC.c1cnc2c(c1)CN1CCC2CC1. The highest BCUT2D eigenvalue weighted by atomic mass is 15.1. The van der Waals surface area contributed by atoms with Gasteiger partial charge in [0.1, 0.15) is 0 Å². The van der Waals surface area contributed by atoms with Crippen molar-refractivity contribution in [1.29, 1.82) is 0 Å². The van der Waals surface area contributed by atoms with E-state index in [9.17, 15) is 0 Å². The third kappa shape index (κ3) is 2.05. The normalized spacial score (nSPS) is 27.3. The van der Waals surface area contributed by atoms with Crippen LogP contribution in [0.5, 0.6) is 0 Å². The first kappa shape index (κ1) is 10.6. The van der Waals surface area contributed by atoms with E-state index in [1.54, 1.807) is 0 Å². The topological polar surface area (TPSA) is 16.1 Å². The molecular formula is C13H20N2. The average Bonchev–Trinajstić information content (AvgIpc) is 2.61. The molecule has 82 valence electrons. The monoisotopic (exact) mass is 204 g/mol. The third-order valence-electron chi connectivity index (χ3n) is 3.29. The lowest BCUT2D eigenvalue weighted by Crippen LogP contribution is -2.28. The summed E-state index contributed by atoms with van der Waals surface area (Å²) in [4.78, 5) is 7.08. The zero-order valence-electron chi connectivity index (χ0n) is 9.74. The van der Waals surface area contributed by atoms with Crippen molar-refractivity contribution in [3.8, 4) is 0 Å². The average molecular weight is 204 g/mol. The van der Waals surface area contributed by atoms with E-state index in [2.05, 4.69) is 22.0 Å². The summed E-state index contributed by atoms with van der Waals surface area (Å²) < 4.78 is 0. The summed E-state index contributed by atoms with van der Waals surface area (Å²) in [6, 6.07) is 4.30. The van der Waals surface area contributed by atoms with Gasteiger partial charge in [-0.3, -0.25) is 9.88 Å². The molecule has 3 aliphatic rings. The number of rotatable bonds is 0. The number of pyridine rings is 1. The Bertz CT molecular complexity index is 314. The smallest absolute Gasteiger partial charge is 0.0480 e. The summed E-state index contributed by atoms with van der Waals surface area (Å²) >= 11 is 0. The van der Waals surface area contributed by atoms with Crippen LogP contribution in [0.1, 0.15) is 43.9 Å². The van der Waals surface area contributed by atoms with E-state index in [1.165, 1.54) is 37.2 Å². The van der Waals surface area contributed by atoms with Gasteiger partial charge in [0.05, 0.1) is 0 Å². The molecule has 2 bridgehead atoms. The fourth-order valence-electron chi connectivity index (χ4n) is 2.56. The molecule has 1 saturated heterocycles. The number of hydrogen-bond acceptors (Lipinski definition) is 2. The molecule has 4 heterocycles. The van der Waals surface area contributed by atoms with Gasteiger partial charge in [0.2, 0.25) is 0 Å². The third-order valence-corrected chi connectivity index (χ3v) is 3.29. The molecule has 2 nitrogen and oxygen atoms in total. The van der Waals surface area contributed by atoms with Gasteiger partial charge in [-0.2, -0.15) is 0 Å². The van der Waals surface area contributed by atoms with Crippen LogP contribution in [-0.2, 0) is 6.54 Å². The summed E-state index contributed by atoms with van der Waals surface area (Å²) in [6.07, 6.45) is 4.56. The Balaban J connectivity index is 0.000000404. The van der Waals surface area contributed by atoms with Crippen molar-refractivity contribution in [2.45, 2.75) is 39.2 Å². The lowest BCUT2D eigenvalue weighted by Gasteiger charge is -2.26. The number of aromatic nitrogens is 1. The van der Waals surface area contributed by atoms with Gasteiger partial charge >= 0.3 is 0 Å². The minimum Gasteiger partial charge on any atom is -0.299 e. The molecule has 0 amide bonds. The quantitative estimate of drug-likeness (QED) is 0.646. The van der Waals surface area contributed by atoms with Crippen LogP contribution in [0.25, 0.3) is 0 Å². The first-order chi connectivity index (χ1) is 7.43. The lowest BCUT2D eigenvalue weighted by molar-refractivity contribution is 0.220. The highest BCUT2D eigenvalue weighted by Gasteiger charge is 2.27. The standard InChI is InChI=1S/C11H14N2.C2H6/c1-2-10-8-13-6-3-9(4-7-13)11(10)12-5-1;1-2/h1-2,5,9H,3-4,6-8H2;1-2H3. The molecular weight excluding hydrogens is 184 g/mol. The summed E-state index contributed by atoms with van der Waals surface area (Å²) in [5, 5.41) is 0. The number of fused-ring (bicyclic) bond motifs is 2.